The highest BCUT2D eigenvalue weighted by Gasteiger charge is 2.08. The van der Waals surface area contributed by atoms with E-state index in [0.717, 1.165) is 5.56 Å². The summed E-state index contributed by atoms with van der Waals surface area (Å²) in [5.41, 5.74) is 4.23. The van der Waals surface area contributed by atoms with Crippen molar-refractivity contribution in [1.29, 1.82) is 0 Å². The van der Waals surface area contributed by atoms with Gasteiger partial charge in [0.2, 0.25) is 5.91 Å². The van der Waals surface area contributed by atoms with Crippen LogP contribution in [0.3, 0.4) is 0 Å². The summed E-state index contributed by atoms with van der Waals surface area (Å²) in [5.74, 6) is -1.31. The monoisotopic (exact) mass is 409 g/mol. The molecule has 0 saturated carbocycles. The van der Waals surface area contributed by atoms with Crippen molar-refractivity contribution in [1.82, 2.24) is 10.7 Å². The number of amides is 2. The second-order valence-corrected chi connectivity index (χ2v) is 6.15. The molecule has 3 N–H and O–H groups in total. The van der Waals surface area contributed by atoms with Gasteiger partial charge in [-0.05, 0) is 17.7 Å². The van der Waals surface area contributed by atoms with Gasteiger partial charge in [0.05, 0.1) is 25.8 Å². The Bertz CT molecular complexity index is 939. The third-order valence-electron chi connectivity index (χ3n) is 3.97. The van der Waals surface area contributed by atoms with E-state index in [4.69, 9.17) is 9.84 Å². The van der Waals surface area contributed by atoms with Crippen molar-refractivity contribution in [2.24, 2.45) is 5.10 Å². The van der Waals surface area contributed by atoms with E-state index in [-0.39, 0.29) is 19.4 Å². The van der Waals surface area contributed by atoms with Crippen molar-refractivity contribution in [3.05, 3.63) is 71.8 Å². The van der Waals surface area contributed by atoms with Crippen molar-refractivity contribution >= 4 is 29.6 Å². The van der Waals surface area contributed by atoms with Gasteiger partial charge in [-0.2, -0.15) is 5.10 Å². The van der Waals surface area contributed by atoms with E-state index >= 15 is 0 Å². The van der Waals surface area contributed by atoms with Crippen LogP contribution in [0, 0.1) is 0 Å². The normalized spacial score (nSPS) is 11.2. The van der Waals surface area contributed by atoms with Crippen LogP contribution >= 0.6 is 0 Å². The number of para-hydroxylation sites is 1. The van der Waals surface area contributed by atoms with Crippen molar-refractivity contribution in [2.75, 3.05) is 13.7 Å². The molecule has 0 aromatic heterocycles. The third kappa shape index (κ3) is 7.59. The van der Waals surface area contributed by atoms with Gasteiger partial charge in [0.25, 0.3) is 5.91 Å². The number of ether oxygens (including phenoxy) is 1. The third-order valence-corrected chi connectivity index (χ3v) is 3.97. The van der Waals surface area contributed by atoms with Crippen molar-refractivity contribution < 1.29 is 24.2 Å². The van der Waals surface area contributed by atoms with Crippen LogP contribution in [0.25, 0.3) is 6.08 Å². The number of nitrogens with one attached hydrogen (secondary N) is 2. The molecule has 2 aromatic rings. The maximum Gasteiger partial charge on any atom is 0.303 e. The van der Waals surface area contributed by atoms with Crippen LogP contribution < -0.4 is 15.5 Å². The number of hydrogen-bond donors (Lipinski definition) is 3. The maximum absolute atomic E-state index is 12.0. The molecule has 0 aliphatic rings. The lowest BCUT2D eigenvalue weighted by Crippen LogP contribution is -2.34. The number of rotatable bonds is 10. The van der Waals surface area contributed by atoms with Crippen molar-refractivity contribution in [3.63, 3.8) is 0 Å². The Labute approximate surface area is 174 Å². The zero-order valence-electron chi connectivity index (χ0n) is 16.5. The highest BCUT2D eigenvalue weighted by molar-refractivity contribution is 6.02. The van der Waals surface area contributed by atoms with Gasteiger partial charge < -0.3 is 15.2 Å². The molecular formula is C22H23N3O5. The Morgan fingerprint density at radius 2 is 1.73 bits per heavy atom. The minimum Gasteiger partial charge on any atom is -0.496 e. The number of methoxy groups -OCH3 is 1. The molecule has 0 radical (unpaired) electrons. The summed E-state index contributed by atoms with van der Waals surface area (Å²) >= 11 is 0. The second-order valence-electron chi connectivity index (χ2n) is 6.15. The van der Waals surface area contributed by atoms with Gasteiger partial charge in [-0.25, -0.2) is 5.43 Å². The first-order valence-electron chi connectivity index (χ1n) is 9.21. The first kappa shape index (κ1) is 22.4. The largest absolute Gasteiger partial charge is 0.496 e. The summed E-state index contributed by atoms with van der Waals surface area (Å²) in [6.45, 7) is -0.278. The Balaban J connectivity index is 1.90. The van der Waals surface area contributed by atoms with Gasteiger partial charge in [-0.1, -0.05) is 48.5 Å². The molecule has 30 heavy (non-hydrogen) atoms. The SMILES string of the molecule is COc1ccccc1/C=C/C(=O)NCC(=O)NN=C(CCC(=O)O)c1ccccc1. The Morgan fingerprint density at radius 1 is 1.03 bits per heavy atom. The average molecular weight is 409 g/mol. The van der Waals surface area contributed by atoms with Gasteiger partial charge in [0.15, 0.2) is 0 Å². The van der Waals surface area contributed by atoms with Gasteiger partial charge in [-0.15, -0.1) is 0 Å². The van der Waals surface area contributed by atoms with Crippen LogP contribution in [-0.2, 0) is 14.4 Å². The van der Waals surface area contributed by atoms with Crippen LogP contribution in [0.4, 0.5) is 0 Å². The molecule has 8 nitrogen and oxygen atoms in total. The number of carbonyl (C=O) groups excluding carboxylic acids is 2. The zero-order valence-corrected chi connectivity index (χ0v) is 16.5. The van der Waals surface area contributed by atoms with E-state index in [2.05, 4.69) is 15.8 Å². The number of hydrogen-bond acceptors (Lipinski definition) is 5. The molecule has 0 spiro atoms. The molecule has 2 amide bonds. The highest BCUT2D eigenvalue weighted by atomic mass is 16.5. The molecule has 0 atom stereocenters. The minimum atomic E-state index is -0.959. The number of carbonyl (C=O) groups is 3. The van der Waals surface area contributed by atoms with E-state index in [9.17, 15) is 14.4 Å². The van der Waals surface area contributed by atoms with Crippen molar-refractivity contribution in [2.45, 2.75) is 12.8 Å². The number of aliphatic carboxylic acids is 1. The Kier molecular flexibility index (Phi) is 8.79. The highest BCUT2D eigenvalue weighted by Crippen LogP contribution is 2.18. The van der Waals surface area contributed by atoms with Crippen molar-refractivity contribution in [3.8, 4) is 5.75 Å². The average Bonchev–Trinajstić information content (AvgIpc) is 2.76. The quantitative estimate of drug-likeness (QED) is 0.316. The fourth-order valence-corrected chi connectivity index (χ4v) is 2.49. The zero-order chi connectivity index (χ0) is 21.8. The minimum absolute atomic E-state index is 0.117. The summed E-state index contributed by atoms with van der Waals surface area (Å²) in [7, 11) is 1.54. The molecule has 0 heterocycles. The molecule has 0 saturated heterocycles. The smallest absolute Gasteiger partial charge is 0.303 e. The molecule has 0 bridgehead atoms. The maximum atomic E-state index is 12.0. The molecule has 0 aliphatic heterocycles. The Hall–Kier alpha value is -3.94. The Morgan fingerprint density at radius 3 is 2.43 bits per heavy atom. The van der Waals surface area contributed by atoms with Gasteiger partial charge in [0.1, 0.15) is 5.75 Å². The number of benzene rings is 2. The lowest BCUT2D eigenvalue weighted by atomic mass is 10.1. The lowest BCUT2D eigenvalue weighted by Gasteiger charge is -2.07. The predicted molar refractivity (Wildman–Crippen MR) is 113 cm³/mol. The number of nitrogens with zero attached hydrogens (tertiary/aromatic N) is 1. The van der Waals surface area contributed by atoms with Gasteiger partial charge in [-0.3, -0.25) is 14.4 Å². The number of carboxylic acid groups (broad SMARTS) is 1. The molecular weight excluding hydrogens is 386 g/mol. The van der Waals surface area contributed by atoms with E-state index in [1.54, 1.807) is 42.5 Å². The lowest BCUT2D eigenvalue weighted by molar-refractivity contribution is -0.136. The first-order valence-corrected chi connectivity index (χ1v) is 9.21. The summed E-state index contributed by atoms with van der Waals surface area (Å²) in [4.78, 5) is 34.8. The van der Waals surface area contributed by atoms with Crippen LogP contribution in [-0.4, -0.2) is 42.3 Å². The van der Waals surface area contributed by atoms with E-state index in [1.807, 2.05) is 18.2 Å². The van der Waals surface area contributed by atoms with Crippen LogP contribution in [0.2, 0.25) is 0 Å². The van der Waals surface area contributed by atoms with Gasteiger partial charge in [0, 0.05) is 18.1 Å². The molecule has 0 unspecified atom stereocenters. The fraction of sp³-hybridized carbons (Fsp3) is 0.182. The molecule has 2 rings (SSSR count). The van der Waals surface area contributed by atoms with E-state index < -0.39 is 17.8 Å². The molecule has 0 aliphatic carbocycles. The number of hydrazone groups is 1. The fourth-order valence-electron chi connectivity index (χ4n) is 2.49. The summed E-state index contributed by atoms with van der Waals surface area (Å²) in [6, 6.07) is 16.2. The molecule has 156 valence electrons. The number of carboxylic acids is 1. The molecule has 2 aromatic carbocycles. The predicted octanol–water partition coefficient (Wildman–Crippen LogP) is 2.21. The van der Waals surface area contributed by atoms with E-state index in [0.29, 0.717) is 17.0 Å². The van der Waals surface area contributed by atoms with Crippen LogP contribution in [0.15, 0.2) is 65.8 Å². The standard InChI is InChI=1S/C22H23N3O5/c1-30-19-10-6-5-9-17(19)11-13-20(26)23-15-21(27)25-24-18(12-14-22(28)29)16-7-3-2-4-8-16/h2-11,13H,12,14-15H2,1H3,(H,23,26)(H,25,27)(H,28,29)/b13-11+,24-18?. The molecule has 0 fully saturated rings. The summed E-state index contributed by atoms with van der Waals surface area (Å²) in [5, 5.41) is 15.4. The van der Waals surface area contributed by atoms with Gasteiger partial charge >= 0.3 is 5.97 Å². The van der Waals surface area contributed by atoms with Crippen LogP contribution in [0.1, 0.15) is 24.0 Å². The summed E-state index contributed by atoms with van der Waals surface area (Å²) < 4.78 is 5.20. The topological polar surface area (TPSA) is 117 Å². The van der Waals surface area contributed by atoms with E-state index in [1.165, 1.54) is 13.2 Å². The second kappa shape index (κ2) is 11.8. The summed E-state index contributed by atoms with van der Waals surface area (Å²) in [6.07, 6.45) is 2.93. The molecule has 8 heteroatoms. The van der Waals surface area contributed by atoms with Crippen LogP contribution in [0.5, 0.6) is 5.75 Å². The first-order chi connectivity index (χ1) is 14.5.